The highest BCUT2D eigenvalue weighted by molar-refractivity contribution is 5.85. The first-order valence-corrected chi connectivity index (χ1v) is 8.96. The van der Waals surface area contributed by atoms with E-state index in [2.05, 4.69) is 5.32 Å². The van der Waals surface area contributed by atoms with Gasteiger partial charge < -0.3 is 19.2 Å². The highest BCUT2D eigenvalue weighted by Gasteiger charge is 2.26. The molecule has 146 valence electrons. The summed E-state index contributed by atoms with van der Waals surface area (Å²) in [7, 11) is 1.29. The molecule has 2 rings (SSSR count). The van der Waals surface area contributed by atoms with Crippen molar-refractivity contribution in [2.75, 3.05) is 13.7 Å². The minimum atomic E-state index is -0.724. The summed E-state index contributed by atoms with van der Waals surface area (Å²) in [6.07, 6.45) is 1.42. The van der Waals surface area contributed by atoms with Crippen molar-refractivity contribution in [2.45, 2.75) is 39.7 Å². The van der Waals surface area contributed by atoms with Gasteiger partial charge in [-0.3, -0.25) is 4.79 Å². The predicted octanol–water partition coefficient (Wildman–Crippen LogP) is 2.44. The van der Waals surface area contributed by atoms with Crippen molar-refractivity contribution < 1.29 is 23.5 Å². The second kappa shape index (κ2) is 9.21. The standard InChI is InChI=1S/C20H25NO6/c1-5-12(3)19(20(24)25-4)21-17(22)11-26-14-7-8-15-13(6-2)9-18(23)27-16(15)10-14/h7-10,12,19H,5-6,11H2,1-4H3,(H,21,22). The van der Waals surface area contributed by atoms with Crippen LogP contribution in [0.15, 0.2) is 33.5 Å². The van der Waals surface area contributed by atoms with Crippen LogP contribution in [0, 0.1) is 5.92 Å². The van der Waals surface area contributed by atoms with Crippen LogP contribution in [-0.2, 0) is 20.7 Å². The summed E-state index contributed by atoms with van der Waals surface area (Å²) in [6.45, 7) is 5.47. The van der Waals surface area contributed by atoms with Gasteiger partial charge in [0.25, 0.3) is 5.91 Å². The van der Waals surface area contributed by atoms with E-state index in [9.17, 15) is 14.4 Å². The van der Waals surface area contributed by atoms with Gasteiger partial charge >= 0.3 is 11.6 Å². The lowest BCUT2D eigenvalue weighted by Gasteiger charge is -2.21. The number of esters is 1. The van der Waals surface area contributed by atoms with Crippen molar-refractivity contribution in [1.82, 2.24) is 5.32 Å². The maximum atomic E-state index is 12.2. The SMILES string of the molecule is CCc1cc(=O)oc2cc(OCC(=O)NC(C(=O)OC)C(C)CC)ccc12. The van der Waals surface area contributed by atoms with Gasteiger partial charge in [-0.2, -0.15) is 0 Å². The van der Waals surface area contributed by atoms with E-state index < -0.39 is 23.5 Å². The van der Waals surface area contributed by atoms with Gasteiger partial charge in [-0.1, -0.05) is 27.2 Å². The molecule has 0 bridgehead atoms. The number of aryl methyl sites for hydroxylation is 1. The van der Waals surface area contributed by atoms with Gasteiger partial charge in [0, 0.05) is 17.5 Å². The first-order valence-electron chi connectivity index (χ1n) is 8.96. The van der Waals surface area contributed by atoms with E-state index in [4.69, 9.17) is 13.9 Å². The molecule has 0 aliphatic rings. The number of carbonyl (C=O) groups is 2. The molecule has 1 aromatic heterocycles. The van der Waals surface area contributed by atoms with Crippen LogP contribution in [0.25, 0.3) is 11.0 Å². The fraction of sp³-hybridized carbons (Fsp3) is 0.450. The number of methoxy groups -OCH3 is 1. The minimum Gasteiger partial charge on any atom is -0.484 e. The third-order valence-corrected chi connectivity index (χ3v) is 4.54. The summed E-state index contributed by atoms with van der Waals surface area (Å²) in [5.41, 5.74) is 0.869. The Bertz CT molecular complexity index is 872. The molecule has 7 heteroatoms. The third kappa shape index (κ3) is 5.09. The lowest BCUT2D eigenvalue weighted by Crippen LogP contribution is -2.47. The molecule has 27 heavy (non-hydrogen) atoms. The number of benzene rings is 1. The zero-order valence-corrected chi connectivity index (χ0v) is 16.0. The third-order valence-electron chi connectivity index (χ3n) is 4.54. The number of fused-ring (bicyclic) bond motifs is 1. The second-order valence-corrected chi connectivity index (χ2v) is 6.34. The monoisotopic (exact) mass is 375 g/mol. The zero-order valence-electron chi connectivity index (χ0n) is 16.0. The summed E-state index contributed by atoms with van der Waals surface area (Å²) < 4.78 is 15.4. The fourth-order valence-corrected chi connectivity index (χ4v) is 2.75. The van der Waals surface area contributed by atoms with Crippen molar-refractivity contribution in [3.63, 3.8) is 0 Å². The maximum Gasteiger partial charge on any atom is 0.336 e. The van der Waals surface area contributed by atoms with Crippen molar-refractivity contribution in [3.05, 3.63) is 40.2 Å². The Balaban J connectivity index is 2.08. The normalized spacial score (nSPS) is 13.0. The molecule has 0 aliphatic heterocycles. The molecule has 0 aliphatic carbocycles. The van der Waals surface area contributed by atoms with Crippen LogP contribution in [0.3, 0.4) is 0 Å². The Hall–Kier alpha value is -2.83. The summed E-state index contributed by atoms with van der Waals surface area (Å²) in [4.78, 5) is 35.6. The number of hydrogen-bond acceptors (Lipinski definition) is 6. The van der Waals surface area contributed by atoms with E-state index >= 15 is 0 Å². The highest BCUT2D eigenvalue weighted by atomic mass is 16.5. The van der Waals surface area contributed by atoms with Gasteiger partial charge in [-0.15, -0.1) is 0 Å². The Morgan fingerprint density at radius 1 is 1.22 bits per heavy atom. The van der Waals surface area contributed by atoms with Gasteiger partial charge in [0.05, 0.1) is 7.11 Å². The second-order valence-electron chi connectivity index (χ2n) is 6.34. The first kappa shape index (κ1) is 20.5. The average molecular weight is 375 g/mol. The number of rotatable bonds is 8. The Kier molecular flexibility index (Phi) is 6.98. The Labute approximate surface area is 157 Å². The molecule has 2 unspecified atom stereocenters. The molecule has 1 heterocycles. The molecule has 0 saturated carbocycles. The molecule has 1 N–H and O–H groups in total. The van der Waals surface area contributed by atoms with Crippen molar-refractivity contribution >= 4 is 22.8 Å². The molecule has 0 saturated heterocycles. The zero-order chi connectivity index (χ0) is 20.0. The summed E-state index contributed by atoms with van der Waals surface area (Å²) >= 11 is 0. The molecule has 1 amide bonds. The molecule has 2 aromatic rings. The van der Waals surface area contributed by atoms with Gasteiger partial charge in [0.1, 0.15) is 17.4 Å². The van der Waals surface area contributed by atoms with E-state index in [0.29, 0.717) is 24.2 Å². The van der Waals surface area contributed by atoms with Crippen molar-refractivity contribution in [3.8, 4) is 5.75 Å². The lowest BCUT2D eigenvalue weighted by molar-refractivity contribution is -0.146. The number of amides is 1. The van der Waals surface area contributed by atoms with Gasteiger partial charge in [0.2, 0.25) is 0 Å². The van der Waals surface area contributed by atoms with Crippen molar-refractivity contribution in [1.29, 1.82) is 0 Å². The minimum absolute atomic E-state index is 0.0659. The molecule has 7 nitrogen and oxygen atoms in total. The molecule has 0 fully saturated rings. The first-order chi connectivity index (χ1) is 12.9. The molecule has 2 atom stereocenters. The van der Waals surface area contributed by atoms with Crippen molar-refractivity contribution in [2.24, 2.45) is 5.92 Å². The molecular formula is C20H25NO6. The van der Waals surface area contributed by atoms with Crippen LogP contribution in [-0.4, -0.2) is 31.6 Å². The fourth-order valence-electron chi connectivity index (χ4n) is 2.75. The highest BCUT2D eigenvalue weighted by Crippen LogP contribution is 2.23. The van der Waals surface area contributed by atoms with E-state index in [-0.39, 0.29) is 12.5 Å². The number of hydrogen-bond donors (Lipinski definition) is 1. The van der Waals surface area contributed by atoms with E-state index in [1.54, 1.807) is 18.2 Å². The Morgan fingerprint density at radius 2 is 1.96 bits per heavy atom. The predicted molar refractivity (Wildman–Crippen MR) is 101 cm³/mol. The average Bonchev–Trinajstić information content (AvgIpc) is 2.68. The van der Waals surface area contributed by atoms with E-state index in [0.717, 1.165) is 10.9 Å². The van der Waals surface area contributed by atoms with Crippen LogP contribution >= 0.6 is 0 Å². The molecular weight excluding hydrogens is 350 g/mol. The van der Waals surface area contributed by atoms with Crippen LogP contribution in [0.1, 0.15) is 32.8 Å². The van der Waals surface area contributed by atoms with Gasteiger partial charge in [-0.05, 0) is 30.0 Å². The van der Waals surface area contributed by atoms with Gasteiger partial charge in [-0.25, -0.2) is 9.59 Å². The molecule has 0 spiro atoms. The van der Waals surface area contributed by atoms with E-state index in [1.807, 2.05) is 20.8 Å². The maximum absolute atomic E-state index is 12.2. The van der Waals surface area contributed by atoms with Crippen LogP contribution < -0.4 is 15.7 Å². The largest absolute Gasteiger partial charge is 0.484 e. The quantitative estimate of drug-likeness (QED) is 0.562. The smallest absolute Gasteiger partial charge is 0.336 e. The van der Waals surface area contributed by atoms with Gasteiger partial charge in [0.15, 0.2) is 6.61 Å². The number of nitrogens with one attached hydrogen (secondary N) is 1. The summed E-state index contributed by atoms with van der Waals surface area (Å²) in [5.74, 6) is -0.595. The summed E-state index contributed by atoms with van der Waals surface area (Å²) in [6, 6.07) is 5.83. The number of ether oxygens (including phenoxy) is 2. The summed E-state index contributed by atoms with van der Waals surface area (Å²) in [5, 5.41) is 3.47. The van der Waals surface area contributed by atoms with Crippen LogP contribution in [0.4, 0.5) is 0 Å². The van der Waals surface area contributed by atoms with Crippen LogP contribution in [0.2, 0.25) is 0 Å². The molecule has 1 aromatic carbocycles. The number of carbonyl (C=O) groups excluding carboxylic acids is 2. The lowest BCUT2D eigenvalue weighted by atomic mass is 9.99. The van der Waals surface area contributed by atoms with E-state index in [1.165, 1.54) is 13.2 Å². The molecule has 0 radical (unpaired) electrons. The van der Waals surface area contributed by atoms with Crippen LogP contribution in [0.5, 0.6) is 5.75 Å². The Morgan fingerprint density at radius 3 is 2.59 bits per heavy atom. The topological polar surface area (TPSA) is 94.8 Å².